The SMILES string of the molecule is O.O=C1CCC(=O)[N-]1.[Mo]. The molecule has 1 fully saturated rings. The first-order valence-corrected chi connectivity index (χ1v) is 2.06. The molecule has 0 radical (unpaired) electrons. The molecule has 1 saturated heterocycles. The number of nitrogens with zero attached hydrogens (tertiary/aromatic N) is 1. The summed E-state index contributed by atoms with van der Waals surface area (Å²) < 4.78 is 0. The Balaban J connectivity index is 0. The molecule has 0 spiro atoms. The van der Waals surface area contributed by atoms with Crippen LogP contribution in [-0.2, 0) is 30.7 Å². The van der Waals surface area contributed by atoms with E-state index in [-0.39, 0.29) is 38.4 Å². The Labute approximate surface area is 66.6 Å². The Kier molecular flexibility index (Phi) is 5.97. The van der Waals surface area contributed by atoms with E-state index < -0.39 is 0 Å². The summed E-state index contributed by atoms with van der Waals surface area (Å²) in [4.78, 5) is 20.1. The summed E-state index contributed by atoms with van der Waals surface area (Å²) in [5.41, 5.74) is 0. The van der Waals surface area contributed by atoms with Crippen LogP contribution in [-0.4, -0.2) is 17.3 Å². The van der Waals surface area contributed by atoms with E-state index in [0.717, 1.165) is 0 Å². The maximum Gasteiger partial charge on any atom is 0.0568 e. The van der Waals surface area contributed by atoms with Crippen molar-refractivity contribution in [3.63, 3.8) is 0 Å². The zero-order chi connectivity index (χ0) is 5.28. The van der Waals surface area contributed by atoms with Gasteiger partial charge in [0, 0.05) is 21.1 Å². The zero-order valence-electron chi connectivity index (χ0n) is 4.59. The first-order chi connectivity index (χ1) is 3.29. The van der Waals surface area contributed by atoms with Gasteiger partial charge >= 0.3 is 0 Å². The number of carbonyl (C=O) groups excluding carboxylic acids is 2. The summed E-state index contributed by atoms with van der Waals surface area (Å²) >= 11 is 0. The normalized spacial score (nSPS) is 15.6. The van der Waals surface area contributed by atoms with Gasteiger partial charge in [-0.2, -0.15) is 0 Å². The van der Waals surface area contributed by atoms with Crippen LogP contribution in [0, 0.1) is 0 Å². The third-order valence-electron chi connectivity index (χ3n) is 0.802. The van der Waals surface area contributed by atoms with Gasteiger partial charge in [-0.15, -0.1) is 0 Å². The largest absolute Gasteiger partial charge is 0.596 e. The monoisotopic (exact) mass is 214 g/mol. The Morgan fingerprint density at radius 1 is 1.11 bits per heavy atom. The first kappa shape index (κ1) is 11.6. The van der Waals surface area contributed by atoms with Crippen molar-refractivity contribution < 1.29 is 36.1 Å². The number of hydrogen-bond donors (Lipinski definition) is 0. The van der Waals surface area contributed by atoms with E-state index in [1.165, 1.54) is 0 Å². The summed E-state index contributed by atoms with van der Waals surface area (Å²) in [7, 11) is 0. The van der Waals surface area contributed by atoms with Crippen LogP contribution >= 0.6 is 0 Å². The maximum absolute atomic E-state index is 10.1. The van der Waals surface area contributed by atoms with Crippen molar-refractivity contribution in [2.45, 2.75) is 12.8 Å². The van der Waals surface area contributed by atoms with E-state index >= 15 is 0 Å². The van der Waals surface area contributed by atoms with Crippen LogP contribution in [0.1, 0.15) is 12.8 Å². The molecule has 0 bridgehead atoms. The van der Waals surface area contributed by atoms with Gasteiger partial charge < -0.3 is 20.4 Å². The molecular weight excluding hydrogens is 206 g/mol. The summed E-state index contributed by atoms with van der Waals surface area (Å²) in [6.07, 6.45) is 0.637. The van der Waals surface area contributed by atoms with E-state index in [9.17, 15) is 9.59 Å². The van der Waals surface area contributed by atoms with E-state index in [1.54, 1.807) is 0 Å². The van der Waals surface area contributed by atoms with Crippen molar-refractivity contribution >= 4 is 11.8 Å². The molecule has 1 rings (SSSR count). The number of carbonyl (C=O) groups is 2. The van der Waals surface area contributed by atoms with Crippen LogP contribution in [0.15, 0.2) is 0 Å². The molecule has 2 N–H and O–H groups in total. The molecule has 2 amide bonds. The van der Waals surface area contributed by atoms with Gasteiger partial charge in [-0.05, 0) is 12.8 Å². The fourth-order valence-electron chi connectivity index (χ4n) is 0.465. The molecule has 4 nitrogen and oxygen atoms in total. The second-order valence-corrected chi connectivity index (χ2v) is 1.40. The van der Waals surface area contributed by atoms with Gasteiger partial charge in [0.2, 0.25) is 0 Å². The topological polar surface area (TPSA) is 79.7 Å². The quantitative estimate of drug-likeness (QED) is 0.396. The van der Waals surface area contributed by atoms with Gasteiger partial charge in [0.25, 0.3) is 0 Å². The molecule has 0 aromatic rings. The van der Waals surface area contributed by atoms with Gasteiger partial charge in [-0.3, -0.25) is 0 Å². The molecule has 0 aromatic heterocycles. The molecule has 0 saturated carbocycles. The predicted molar refractivity (Wildman–Crippen MR) is 26.2 cm³/mol. The number of imide groups is 1. The molecule has 5 heteroatoms. The average Bonchev–Trinajstić information content (AvgIpc) is 1.87. The van der Waals surface area contributed by atoms with Crippen LogP contribution in [0.2, 0.25) is 0 Å². The van der Waals surface area contributed by atoms with E-state index in [0.29, 0.717) is 12.8 Å². The third kappa shape index (κ3) is 3.38. The molecule has 0 unspecified atom stereocenters. The first-order valence-electron chi connectivity index (χ1n) is 2.06. The molecule has 52 valence electrons. The molecule has 0 aromatic carbocycles. The summed E-state index contributed by atoms with van der Waals surface area (Å²) in [5, 5.41) is 3.11. The fourth-order valence-corrected chi connectivity index (χ4v) is 0.465. The Morgan fingerprint density at radius 2 is 1.44 bits per heavy atom. The second-order valence-electron chi connectivity index (χ2n) is 1.40. The van der Waals surface area contributed by atoms with Gasteiger partial charge in [0.1, 0.15) is 0 Å². The van der Waals surface area contributed by atoms with E-state index in [1.807, 2.05) is 0 Å². The van der Waals surface area contributed by atoms with Crippen LogP contribution in [0.5, 0.6) is 0 Å². The van der Waals surface area contributed by atoms with Gasteiger partial charge in [-0.25, -0.2) is 0 Å². The Hall–Kier alpha value is -0.212. The Morgan fingerprint density at radius 3 is 1.56 bits per heavy atom. The number of hydrogen-bond acceptors (Lipinski definition) is 2. The molecule has 1 aliphatic rings. The summed E-state index contributed by atoms with van der Waals surface area (Å²) in [6, 6.07) is 0. The van der Waals surface area contributed by atoms with Crippen molar-refractivity contribution in [2.75, 3.05) is 0 Å². The Bertz CT molecular complexity index is 111. The molecule has 9 heavy (non-hydrogen) atoms. The minimum absolute atomic E-state index is 0. The van der Waals surface area contributed by atoms with Gasteiger partial charge in [0.15, 0.2) is 0 Å². The van der Waals surface area contributed by atoms with E-state index in [4.69, 9.17) is 0 Å². The third-order valence-corrected chi connectivity index (χ3v) is 0.802. The van der Waals surface area contributed by atoms with Crippen molar-refractivity contribution in [1.82, 2.24) is 0 Å². The van der Waals surface area contributed by atoms with Crippen molar-refractivity contribution in [3.05, 3.63) is 5.32 Å². The summed E-state index contributed by atoms with van der Waals surface area (Å²) in [5.74, 6) is -0.546. The van der Waals surface area contributed by atoms with E-state index in [2.05, 4.69) is 5.32 Å². The van der Waals surface area contributed by atoms with Crippen LogP contribution in [0.3, 0.4) is 0 Å². The maximum atomic E-state index is 10.1. The molecule has 0 aliphatic carbocycles. The fraction of sp³-hybridized carbons (Fsp3) is 0.500. The zero-order valence-corrected chi connectivity index (χ0v) is 6.59. The second kappa shape index (κ2) is 4.65. The summed E-state index contributed by atoms with van der Waals surface area (Å²) in [6.45, 7) is 0. The van der Waals surface area contributed by atoms with Gasteiger partial charge in [-0.1, -0.05) is 0 Å². The molecule has 1 heterocycles. The number of amides is 2. The van der Waals surface area contributed by atoms with Crippen molar-refractivity contribution in [1.29, 1.82) is 0 Å². The average molecular weight is 212 g/mol. The smallest absolute Gasteiger partial charge is 0.0568 e. The van der Waals surface area contributed by atoms with Crippen LogP contribution < -0.4 is 0 Å². The molecular formula is C4H6MoNO3-. The minimum Gasteiger partial charge on any atom is -0.596 e. The molecule has 1 aliphatic heterocycles. The van der Waals surface area contributed by atoms with Gasteiger partial charge in [0.05, 0.1) is 11.8 Å². The molecule has 0 atom stereocenters. The van der Waals surface area contributed by atoms with Crippen molar-refractivity contribution in [3.8, 4) is 0 Å². The van der Waals surface area contributed by atoms with Crippen LogP contribution in [0.4, 0.5) is 0 Å². The standard InChI is InChI=1S/C4H5NO2.Mo.H2O/c6-3-1-2-4(7)5-3;;/h1-2H2,(H,5,6,7);;1H2/p-1. The van der Waals surface area contributed by atoms with Crippen molar-refractivity contribution in [2.24, 2.45) is 0 Å². The minimum atomic E-state index is -0.273. The predicted octanol–water partition coefficient (Wildman–Crippen LogP) is -0.620. The van der Waals surface area contributed by atoms with Crippen LogP contribution in [0.25, 0.3) is 5.32 Å². The number of rotatable bonds is 0.